The summed E-state index contributed by atoms with van der Waals surface area (Å²) in [6, 6.07) is 5.92. The van der Waals surface area contributed by atoms with Crippen LogP contribution in [0.15, 0.2) is 24.5 Å². The van der Waals surface area contributed by atoms with E-state index in [0.717, 1.165) is 35.5 Å². The lowest BCUT2D eigenvalue weighted by molar-refractivity contribution is 0.0730. The number of hydrogen-bond acceptors (Lipinski definition) is 2. The van der Waals surface area contributed by atoms with Gasteiger partial charge in [0.15, 0.2) is 0 Å². The van der Waals surface area contributed by atoms with Crippen LogP contribution in [0.2, 0.25) is 0 Å². The fourth-order valence-corrected chi connectivity index (χ4v) is 2.65. The van der Waals surface area contributed by atoms with Crippen LogP contribution < -0.4 is 0 Å². The van der Waals surface area contributed by atoms with Gasteiger partial charge in [-0.25, -0.2) is 4.98 Å². The molecule has 1 aliphatic heterocycles. The third-order valence-corrected chi connectivity index (χ3v) is 4.15. The molecule has 1 aliphatic rings. The van der Waals surface area contributed by atoms with Crippen molar-refractivity contribution in [2.75, 3.05) is 6.54 Å². The molecular formula is C16H19N3O. The standard InChI is InChI=1S/C16H19N3O/c1-11-4-5-13(8-12(11)2)16(20)19-7-6-14-15(9-19)18(3)10-17-14/h4-5,8,10H,6-7,9H2,1-3H3. The fraction of sp³-hybridized carbons (Fsp3) is 0.375. The van der Waals surface area contributed by atoms with Crippen molar-refractivity contribution in [3.05, 3.63) is 52.6 Å². The Labute approximate surface area is 119 Å². The van der Waals surface area contributed by atoms with Crippen molar-refractivity contribution in [3.8, 4) is 0 Å². The number of aromatic nitrogens is 2. The van der Waals surface area contributed by atoms with E-state index >= 15 is 0 Å². The van der Waals surface area contributed by atoms with Crippen LogP contribution in [0.1, 0.15) is 32.9 Å². The highest BCUT2D eigenvalue weighted by molar-refractivity contribution is 5.94. The molecule has 0 radical (unpaired) electrons. The monoisotopic (exact) mass is 269 g/mol. The van der Waals surface area contributed by atoms with E-state index in [2.05, 4.69) is 11.9 Å². The summed E-state index contributed by atoms with van der Waals surface area (Å²) in [4.78, 5) is 18.9. The average Bonchev–Trinajstić information content (AvgIpc) is 2.82. The number of aryl methyl sites for hydroxylation is 3. The summed E-state index contributed by atoms with van der Waals surface area (Å²) in [5.74, 6) is 0.111. The molecule has 0 atom stereocenters. The summed E-state index contributed by atoms with van der Waals surface area (Å²) in [6.07, 6.45) is 2.67. The topological polar surface area (TPSA) is 38.1 Å². The van der Waals surface area contributed by atoms with E-state index in [-0.39, 0.29) is 5.91 Å². The van der Waals surface area contributed by atoms with Crippen molar-refractivity contribution in [1.82, 2.24) is 14.5 Å². The first kappa shape index (κ1) is 12.9. The molecule has 0 N–H and O–H groups in total. The van der Waals surface area contributed by atoms with E-state index in [1.807, 2.05) is 48.0 Å². The molecule has 0 aliphatic carbocycles. The molecule has 1 amide bonds. The van der Waals surface area contributed by atoms with Crippen LogP contribution in [-0.4, -0.2) is 26.9 Å². The summed E-state index contributed by atoms with van der Waals surface area (Å²) >= 11 is 0. The van der Waals surface area contributed by atoms with Gasteiger partial charge in [-0.05, 0) is 37.1 Å². The second-order valence-electron chi connectivity index (χ2n) is 5.52. The average molecular weight is 269 g/mol. The molecule has 3 rings (SSSR count). The Kier molecular flexibility index (Phi) is 3.08. The number of benzene rings is 1. The Morgan fingerprint density at radius 3 is 2.80 bits per heavy atom. The van der Waals surface area contributed by atoms with Gasteiger partial charge < -0.3 is 9.47 Å². The van der Waals surface area contributed by atoms with E-state index in [0.29, 0.717) is 6.54 Å². The van der Waals surface area contributed by atoms with Gasteiger partial charge in [-0.3, -0.25) is 4.79 Å². The zero-order valence-electron chi connectivity index (χ0n) is 12.2. The molecule has 2 heterocycles. The first-order valence-electron chi connectivity index (χ1n) is 6.92. The van der Waals surface area contributed by atoms with Crippen LogP contribution in [0.5, 0.6) is 0 Å². The lowest BCUT2D eigenvalue weighted by Gasteiger charge is -2.27. The van der Waals surface area contributed by atoms with Crippen LogP contribution in [0.3, 0.4) is 0 Å². The van der Waals surface area contributed by atoms with E-state index in [9.17, 15) is 4.79 Å². The second kappa shape index (κ2) is 4.78. The van der Waals surface area contributed by atoms with Gasteiger partial charge in [-0.15, -0.1) is 0 Å². The third-order valence-electron chi connectivity index (χ3n) is 4.15. The minimum absolute atomic E-state index is 0.111. The Hall–Kier alpha value is -2.10. The van der Waals surface area contributed by atoms with E-state index in [4.69, 9.17) is 0 Å². The zero-order valence-corrected chi connectivity index (χ0v) is 12.2. The molecule has 104 valence electrons. The molecule has 0 spiro atoms. The van der Waals surface area contributed by atoms with Gasteiger partial charge in [0.1, 0.15) is 0 Å². The zero-order chi connectivity index (χ0) is 14.3. The Balaban J connectivity index is 1.85. The van der Waals surface area contributed by atoms with E-state index in [1.165, 1.54) is 5.56 Å². The predicted octanol–water partition coefficient (Wildman–Crippen LogP) is 2.24. The molecule has 20 heavy (non-hydrogen) atoms. The molecule has 4 heteroatoms. The molecule has 0 unspecified atom stereocenters. The maximum atomic E-state index is 12.6. The number of rotatable bonds is 1. The van der Waals surface area contributed by atoms with Crippen LogP contribution >= 0.6 is 0 Å². The van der Waals surface area contributed by atoms with Crippen LogP contribution in [0.4, 0.5) is 0 Å². The molecule has 1 aromatic carbocycles. The van der Waals surface area contributed by atoms with E-state index < -0.39 is 0 Å². The van der Waals surface area contributed by atoms with Gasteiger partial charge in [-0.2, -0.15) is 0 Å². The SMILES string of the molecule is Cc1ccc(C(=O)N2CCc3ncn(C)c3C2)cc1C. The van der Waals surface area contributed by atoms with Crippen molar-refractivity contribution < 1.29 is 4.79 Å². The van der Waals surface area contributed by atoms with Crippen molar-refractivity contribution in [2.24, 2.45) is 7.05 Å². The quantitative estimate of drug-likeness (QED) is 0.796. The minimum atomic E-state index is 0.111. The van der Waals surface area contributed by atoms with Crippen molar-refractivity contribution in [2.45, 2.75) is 26.8 Å². The molecule has 0 bridgehead atoms. The molecule has 4 nitrogen and oxygen atoms in total. The molecule has 0 saturated heterocycles. The number of hydrogen-bond donors (Lipinski definition) is 0. The maximum Gasteiger partial charge on any atom is 0.254 e. The lowest BCUT2D eigenvalue weighted by atomic mass is 10.0. The first-order chi connectivity index (χ1) is 9.56. The van der Waals surface area contributed by atoms with Crippen LogP contribution in [-0.2, 0) is 20.0 Å². The van der Waals surface area contributed by atoms with Gasteiger partial charge in [0.25, 0.3) is 5.91 Å². The summed E-state index contributed by atoms with van der Waals surface area (Å²) in [5, 5.41) is 0. The van der Waals surface area contributed by atoms with Gasteiger partial charge in [-0.1, -0.05) is 6.07 Å². The summed E-state index contributed by atoms with van der Waals surface area (Å²) in [5.41, 5.74) is 5.42. The van der Waals surface area contributed by atoms with Gasteiger partial charge in [0, 0.05) is 25.6 Å². The highest BCUT2D eigenvalue weighted by atomic mass is 16.2. The Morgan fingerprint density at radius 2 is 2.05 bits per heavy atom. The number of carbonyl (C=O) groups excluding carboxylic acids is 1. The lowest BCUT2D eigenvalue weighted by Crippen LogP contribution is -2.36. The molecule has 1 aromatic heterocycles. The number of fused-ring (bicyclic) bond motifs is 1. The van der Waals surface area contributed by atoms with Crippen molar-refractivity contribution in [3.63, 3.8) is 0 Å². The fourth-order valence-electron chi connectivity index (χ4n) is 2.65. The molecule has 0 fully saturated rings. The third kappa shape index (κ3) is 2.11. The van der Waals surface area contributed by atoms with Crippen LogP contribution in [0.25, 0.3) is 0 Å². The summed E-state index contributed by atoms with van der Waals surface area (Å²) < 4.78 is 2.01. The molecule has 2 aromatic rings. The minimum Gasteiger partial charge on any atom is -0.336 e. The highest BCUT2D eigenvalue weighted by Gasteiger charge is 2.24. The molecular weight excluding hydrogens is 250 g/mol. The maximum absolute atomic E-state index is 12.6. The highest BCUT2D eigenvalue weighted by Crippen LogP contribution is 2.20. The van der Waals surface area contributed by atoms with Crippen LogP contribution in [0, 0.1) is 13.8 Å². The normalized spacial score (nSPS) is 14.2. The van der Waals surface area contributed by atoms with Crippen molar-refractivity contribution in [1.29, 1.82) is 0 Å². The second-order valence-corrected chi connectivity index (χ2v) is 5.52. The predicted molar refractivity (Wildman–Crippen MR) is 77.6 cm³/mol. The number of nitrogens with zero attached hydrogens (tertiary/aromatic N) is 3. The largest absolute Gasteiger partial charge is 0.336 e. The van der Waals surface area contributed by atoms with Gasteiger partial charge in [0.2, 0.25) is 0 Å². The molecule has 0 saturated carbocycles. The smallest absolute Gasteiger partial charge is 0.254 e. The Morgan fingerprint density at radius 1 is 1.25 bits per heavy atom. The van der Waals surface area contributed by atoms with Crippen molar-refractivity contribution >= 4 is 5.91 Å². The van der Waals surface area contributed by atoms with E-state index in [1.54, 1.807) is 0 Å². The summed E-state index contributed by atoms with van der Waals surface area (Å²) in [7, 11) is 1.98. The Bertz CT molecular complexity index is 672. The number of imidazole rings is 1. The van der Waals surface area contributed by atoms with Gasteiger partial charge >= 0.3 is 0 Å². The number of carbonyl (C=O) groups is 1. The summed E-state index contributed by atoms with van der Waals surface area (Å²) in [6.45, 7) is 5.50. The van der Waals surface area contributed by atoms with Gasteiger partial charge in [0.05, 0.1) is 24.3 Å². The first-order valence-corrected chi connectivity index (χ1v) is 6.92. The number of amides is 1.